The predicted molar refractivity (Wildman–Crippen MR) is 220 cm³/mol. The van der Waals surface area contributed by atoms with E-state index in [4.69, 9.17) is 15.2 Å². The van der Waals surface area contributed by atoms with E-state index in [1.807, 2.05) is 108 Å². The number of aromatic nitrogens is 8. The molecule has 290 valence electrons. The van der Waals surface area contributed by atoms with Gasteiger partial charge in [-0.3, -0.25) is 10.1 Å². The third kappa shape index (κ3) is 9.74. The second-order valence-corrected chi connectivity index (χ2v) is 12.7. The molecule has 0 saturated carbocycles. The van der Waals surface area contributed by atoms with Crippen LogP contribution < -0.4 is 25.8 Å². The summed E-state index contributed by atoms with van der Waals surface area (Å²) in [6, 6.07) is 34.3. The van der Waals surface area contributed by atoms with Crippen molar-refractivity contribution in [2.75, 3.05) is 30.6 Å². The first kappa shape index (κ1) is 38.1. The second-order valence-electron chi connectivity index (χ2n) is 12.7. The standard InChI is InChI=1S/C21H18N6O3.C21H20N6O/c1-30-18-9-7-16(8-10-18)24-21-19(27(28)29)13-22-20(25-21)11-15-12-23-26(14-15)17-5-3-2-4-6-17;1-28-18-9-7-16(8-10-18)25-21-19(22)13-23-20(26-21)11-15-12-24-27(14-15)17-5-3-2-4-6-17/h2-10,12-14H,11H2,1H3,(H,22,24,25);2-10,12-14H,11,22H2,1H3,(H,23,25,26). The van der Waals surface area contributed by atoms with E-state index >= 15 is 0 Å². The van der Waals surface area contributed by atoms with Gasteiger partial charge in [0.15, 0.2) is 5.82 Å². The molecule has 0 fully saturated rings. The van der Waals surface area contributed by atoms with Gasteiger partial charge in [-0.2, -0.15) is 10.2 Å². The zero-order valence-electron chi connectivity index (χ0n) is 31.5. The number of hydrogen-bond donors (Lipinski definition) is 3. The molecule has 0 bridgehead atoms. The van der Waals surface area contributed by atoms with Crippen molar-refractivity contribution < 1.29 is 14.4 Å². The molecule has 0 spiro atoms. The third-order valence-electron chi connectivity index (χ3n) is 8.63. The number of ether oxygens (including phenoxy) is 2. The summed E-state index contributed by atoms with van der Waals surface area (Å²) in [4.78, 5) is 28.3. The predicted octanol–water partition coefficient (Wildman–Crippen LogP) is 7.50. The summed E-state index contributed by atoms with van der Waals surface area (Å²) in [6.07, 6.45) is 11.2. The lowest BCUT2D eigenvalue weighted by Crippen LogP contribution is -2.05. The lowest BCUT2D eigenvalue weighted by molar-refractivity contribution is -0.384. The van der Waals surface area contributed by atoms with Crippen LogP contribution in [0.25, 0.3) is 11.4 Å². The Kier molecular flexibility index (Phi) is 11.8. The van der Waals surface area contributed by atoms with Gasteiger partial charge in [0.2, 0.25) is 5.82 Å². The van der Waals surface area contributed by atoms with Crippen molar-refractivity contribution in [2.24, 2.45) is 0 Å². The lowest BCUT2D eigenvalue weighted by atomic mass is 10.2. The van der Waals surface area contributed by atoms with E-state index in [2.05, 4.69) is 40.8 Å². The molecule has 58 heavy (non-hydrogen) atoms. The maximum Gasteiger partial charge on any atom is 0.329 e. The largest absolute Gasteiger partial charge is 0.497 e. The van der Waals surface area contributed by atoms with E-state index in [1.54, 1.807) is 55.6 Å². The first-order valence-electron chi connectivity index (χ1n) is 18.0. The Balaban J connectivity index is 0.000000177. The Morgan fingerprint density at radius 3 is 1.53 bits per heavy atom. The SMILES string of the molecule is COc1ccc(Nc2nc(Cc3cnn(-c4ccccc4)c3)ncc2N)cc1.COc1ccc(Nc2nc(Cc3cnn(-c4ccccc4)c3)ncc2[N+](=O)[O-])cc1. The topological polar surface area (TPSA) is 199 Å². The Labute approximate surface area is 333 Å². The zero-order chi connectivity index (χ0) is 40.3. The molecule has 16 heteroatoms. The van der Waals surface area contributed by atoms with Crippen molar-refractivity contribution in [3.63, 3.8) is 0 Å². The van der Waals surface area contributed by atoms with Gasteiger partial charge >= 0.3 is 5.69 Å². The number of nitrogen functional groups attached to an aromatic ring is 1. The molecule has 0 aliphatic heterocycles. The summed E-state index contributed by atoms with van der Waals surface area (Å²) >= 11 is 0. The summed E-state index contributed by atoms with van der Waals surface area (Å²) in [5.41, 5.74) is 11.7. The normalized spacial score (nSPS) is 10.6. The van der Waals surface area contributed by atoms with Gasteiger partial charge in [-0.05, 0) is 83.9 Å². The number of anilines is 5. The maximum atomic E-state index is 11.4. The first-order chi connectivity index (χ1) is 28.3. The number of methoxy groups -OCH3 is 2. The van der Waals surface area contributed by atoms with Crippen molar-refractivity contribution in [2.45, 2.75) is 12.8 Å². The lowest BCUT2D eigenvalue weighted by Gasteiger charge is -2.10. The quantitative estimate of drug-likeness (QED) is 0.0769. The second kappa shape index (κ2) is 18.0. The molecule has 0 unspecified atom stereocenters. The van der Waals surface area contributed by atoms with Gasteiger partial charge in [0.1, 0.15) is 29.3 Å². The Bertz CT molecular complexity index is 2580. The summed E-state index contributed by atoms with van der Waals surface area (Å²) in [6.45, 7) is 0. The summed E-state index contributed by atoms with van der Waals surface area (Å²) < 4.78 is 13.9. The molecular weight excluding hydrogens is 737 g/mol. The third-order valence-corrected chi connectivity index (χ3v) is 8.63. The summed E-state index contributed by atoms with van der Waals surface area (Å²) in [5, 5.41) is 26.4. The van der Waals surface area contributed by atoms with Gasteiger partial charge in [0, 0.05) is 36.6 Å². The molecule has 4 aromatic carbocycles. The molecule has 4 heterocycles. The van der Waals surface area contributed by atoms with Crippen LogP contribution in [0, 0.1) is 10.1 Å². The number of para-hydroxylation sites is 2. The van der Waals surface area contributed by atoms with Crippen LogP contribution in [0.2, 0.25) is 0 Å². The van der Waals surface area contributed by atoms with Gasteiger partial charge in [0.05, 0.1) is 54.8 Å². The van der Waals surface area contributed by atoms with Gasteiger partial charge < -0.3 is 25.8 Å². The molecule has 4 aromatic heterocycles. The minimum atomic E-state index is -0.511. The molecule has 0 radical (unpaired) electrons. The number of nitrogens with one attached hydrogen (secondary N) is 2. The number of nitrogens with two attached hydrogens (primary N) is 1. The average Bonchev–Trinajstić information content (AvgIpc) is 3.94. The molecular formula is C42H38N12O4. The van der Waals surface area contributed by atoms with E-state index in [9.17, 15) is 10.1 Å². The highest BCUT2D eigenvalue weighted by atomic mass is 16.6. The van der Waals surface area contributed by atoms with E-state index in [0.29, 0.717) is 47.4 Å². The fourth-order valence-corrected chi connectivity index (χ4v) is 5.67. The van der Waals surface area contributed by atoms with Crippen LogP contribution in [0.3, 0.4) is 0 Å². The molecule has 0 saturated heterocycles. The van der Waals surface area contributed by atoms with Gasteiger partial charge in [-0.15, -0.1) is 0 Å². The molecule has 0 atom stereocenters. The van der Waals surface area contributed by atoms with Gasteiger partial charge in [0.25, 0.3) is 0 Å². The van der Waals surface area contributed by atoms with Crippen molar-refractivity contribution in [3.8, 4) is 22.9 Å². The number of nitrogens with zero attached hydrogens (tertiary/aromatic N) is 9. The van der Waals surface area contributed by atoms with Gasteiger partial charge in [-0.1, -0.05) is 36.4 Å². The highest BCUT2D eigenvalue weighted by Crippen LogP contribution is 2.27. The summed E-state index contributed by atoms with van der Waals surface area (Å²) in [5.74, 6) is 3.30. The molecule has 0 aliphatic rings. The molecule has 4 N–H and O–H groups in total. The van der Waals surface area contributed by atoms with Crippen LogP contribution >= 0.6 is 0 Å². The smallest absolute Gasteiger partial charge is 0.329 e. The van der Waals surface area contributed by atoms with Crippen molar-refractivity contribution >= 4 is 34.4 Å². The van der Waals surface area contributed by atoms with Crippen molar-refractivity contribution in [1.82, 2.24) is 39.5 Å². The van der Waals surface area contributed by atoms with E-state index in [0.717, 1.165) is 33.9 Å². The average molecular weight is 775 g/mol. The minimum Gasteiger partial charge on any atom is -0.497 e. The fourth-order valence-electron chi connectivity index (χ4n) is 5.67. The van der Waals surface area contributed by atoms with Crippen LogP contribution in [-0.2, 0) is 12.8 Å². The number of rotatable bonds is 13. The zero-order valence-corrected chi connectivity index (χ0v) is 31.5. The molecule has 8 rings (SSSR count). The fraction of sp³-hybridized carbons (Fsp3) is 0.0952. The maximum absolute atomic E-state index is 11.4. The first-order valence-corrected chi connectivity index (χ1v) is 18.0. The molecule has 0 amide bonds. The van der Waals surface area contributed by atoms with Crippen LogP contribution in [-0.4, -0.2) is 58.6 Å². The minimum absolute atomic E-state index is 0.130. The van der Waals surface area contributed by atoms with Gasteiger partial charge in [-0.25, -0.2) is 29.3 Å². The summed E-state index contributed by atoms with van der Waals surface area (Å²) in [7, 11) is 3.21. The molecule has 0 aliphatic carbocycles. The molecule has 8 aromatic rings. The monoisotopic (exact) mass is 774 g/mol. The van der Waals surface area contributed by atoms with Crippen LogP contribution in [0.5, 0.6) is 11.5 Å². The number of nitro groups is 1. The molecule has 16 nitrogen and oxygen atoms in total. The Morgan fingerprint density at radius 1 is 0.621 bits per heavy atom. The number of hydrogen-bond acceptors (Lipinski definition) is 13. The Hall–Kier alpha value is -8.14. The van der Waals surface area contributed by atoms with E-state index < -0.39 is 4.92 Å². The van der Waals surface area contributed by atoms with Crippen LogP contribution in [0.4, 0.5) is 34.4 Å². The van der Waals surface area contributed by atoms with Crippen molar-refractivity contribution in [3.05, 3.63) is 179 Å². The Morgan fingerprint density at radius 2 is 1.07 bits per heavy atom. The highest BCUT2D eigenvalue weighted by Gasteiger charge is 2.18. The van der Waals surface area contributed by atoms with Crippen LogP contribution in [0.15, 0.2) is 146 Å². The number of benzene rings is 4. The van der Waals surface area contributed by atoms with Crippen LogP contribution in [0.1, 0.15) is 22.8 Å². The van der Waals surface area contributed by atoms with E-state index in [1.165, 1.54) is 6.20 Å². The van der Waals surface area contributed by atoms with Crippen molar-refractivity contribution in [1.29, 1.82) is 0 Å². The van der Waals surface area contributed by atoms with E-state index in [-0.39, 0.29) is 11.5 Å². The highest BCUT2D eigenvalue weighted by molar-refractivity contribution is 5.68.